The van der Waals surface area contributed by atoms with E-state index in [1.165, 1.54) is 0 Å². The largest absolute Gasteiger partial charge is 0.443 e. The highest BCUT2D eigenvalue weighted by atomic mass is 19.4. The van der Waals surface area contributed by atoms with Crippen molar-refractivity contribution < 1.29 is 22.7 Å². The second kappa shape index (κ2) is 4.04. The van der Waals surface area contributed by atoms with Gasteiger partial charge in [0.2, 0.25) is 0 Å². The van der Waals surface area contributed by atoms with Crippen LogP contribution in [0.4, 0.5) is 18.0 Å². The minimum atomic E-state index is -4.25. The molecule has 1 unspecified atom stereocenters. The fourth-order valence-electron chi connectivity index (χ4n) is 1.14. The van der Waals surface area contributed by atoms with E-state index in [2.05, 4.69) is 4.74 Å². The number of carbonyl (C=O) groups excluding carboxylic acids is 1. The molecular weight excluding hydrogens is 201 g/mol. The van der Waals surface area contributed by atoms with E-state index in [1.807, 2.05) is 0 Å². The summed E-state index contributed by atoms with van der Waals surface area (Å²) in [6.45, 7) is -0.0848. The molecule has 1 atom stereocenters. The number of amides is 1. The Morgan fingerprint density at radius 3 is 2.64 bits per heavy atom. The van der Waals surface area contributed by atoms with Gasteiger partial charge in [0.05, 0.1) is 13.0 Å². The number of hydrogen-bond acceptors (Lipinski definition) is 3. The van der Waals surface area contributed by atoms with Crippen LogP contribution in [0.2, 0.25) is 0 Å². The van der Waals surface area contributed by atoms with Gasteiger partial charge in [-0.05, 0) is 0 Å². The topological polar surface area (TPSA) is 55.6 Å². The smallest absolute Gasteiger partial charge is 0.410 e. The number of ether oxygens (including phenoxy) is 1. The number of rotatable bonds is 3. The Balaban J connectivity index is 2.36. The second-order valence-corrected chi connectivity index (χ2v) is 3.05. The van der Waals surface area contributed by atoms with Gasteiger partial charge in [0.25, 0.3) is 0 Å². The Hall–Kier alpha value is -0.980. The van der Waals surface area contributed by atoms with E-state index in [0.717, 1.165) is 4.90 Å². The van der Waals surface area contributed by atoms with Gasteiger partial charge >= 0.3 is 12.3 Å². The Bertz CT molecular complexity index is 219. The van der Waals surface area contributed by atoms with E-state index < -0.39 is 24.8 Å². The van der Waals surface area contributed by atoms with Crippen molar-refractivity contribution in [3.8, 4) is 0 Å². The van der Waals surface area contributed by atoms with Crippen molar-refractivity contribution in [3.63, 3.8) is 0 Å². The molecule has 0 bridgehead atoms. The van der Waals surface area contributed by atoms with Crippen molar-refractivity contribution in [2.75, 3.05) is 19.6 Å². The van der Waals surface area contributed by atoms with E-state index in [1.54, 1.807) is 0 Å². The van der Waals surface area contributed by atoms with Crippen LogP contribution in [0.3, 0.4) is 0 Å². The summed E-state index contributed by atoms with van der Waals surface area (Å²) < 4.78 is 40.1. The number of halogens is 3. The molecule has 1 rings (SSSR count). The van der Waals surface area contributed by atoms with Gasteiger partial charge in [-0.15, -0.1) is 0 Å². The third-order valence-electron chi connectivity index (χ3n) is 1.88. The minimum absolute atomic E-state index is 0.133. The molecular formula is C7H11F3N2O2. The van der Waals surface area contributed by atoms with E-state index in [0.29, 0.717) is 0 Å². The molecule has 1 amide bonds. The minimum Gasteiger partial charge on any atom is -0.443 e. The van der Waals surface area contributed by atoms with E-state index in [9.17, 15) is 18.0 Å². The zero-order chi connectivity index (χ0) is 10.8. The zero-order valence-corrected chi connectivity index (χ0v) is 7.38. The maximum atomic E-state index is 11.8. The van der Waals surface area contributed by atoms with Crippen LogP contribution < -0.4 is 5.73 Å². The molecule has 0 aromatic heterocycles. The van der Waals surface area contributed by atoms with Gasteiger partial charge in [-0.2, -0.15) is 13.2 Å². The van der Waals surface area contributed by atoms with Crippen LogP contribution in [-0.2, 0) is 4.74 Å². The summed E-state index contributed by atoms with van der Waals surface area (Å²) >= 11 is 0. The van der Waals surface area contributed by atoms with Gasteiger partial charge in [-0.1, -0.05) is 0 Å². The number of alkyl halides is 3. The maximum absolute atomic E-state index is 11.8. The fourth-order valence-corrected chi connectivity index (χ4v) is 1.14. The summed E-state index contributed by atoms with van der Waals surface area (Å²) in [6, 6.07) is 0. The lowest BCUT2D eigenvalue weighted by Crippen LogP contribution is -2.30. The van der Waals surface area contributed by atoms with Crippen LogP contribution >= 0.6 is 0 Å². The number of nitrogens with zero attached hydrogens (tertiary/aromatic N) is 1. The van der Waals surface area contributed by atoms with Crippen molar-refractivity contribution in [1.29, 1.82) is 0 Å². The summed E-state index contributed by atoms with van der Waals surface area (Å²) in [5.41, 5.74) is 5.21. The third-order valence-corrected chi connectivity index (χ3v) is 1.88. The molecule has 2 N–H and O–H groups in total. The molecule has 1 heterocycles. The molecule has 0 aromatic carbocycles. The van der Waals surface area contributed by atoms with Gasteiger partial charge in [-0.25, -0.2) is 4.79 Å². The van der Waals surface area contributed by atoms with Crippen molar-refractivity contribution in [1.82, 2.24) is 4.90 Å². The molecule has 1 saturated heterocycles. The van der Waals surface area contributed by atoms with Crippen molar-refractivity contribution in [3.05, 3.63) is 0 Å². The molecule has 1 aliphatic heterocycles. The van der Waals surface area contributed by atoms with Crippen molar-refractivity contribution in [2.24, 2.45) is 5.73 Å². The molecule has 1 fully saturated rings. The Morgan fingerprint density at radius 1 is 1.57 bits per heavy atom. The first-order chi connectivity index (χ1) is 6.42. The van der Waals surface area contributed by atoms with E-state index >= 15 is 0 Å². The molecule has 82 valence electrons. The first-order valence-electron chi connectivity index (χ1n) is 4.15. The zero-order valence-electron chi connectivity index (χ0n) is 7.38. The normalized spacial score (nSPS) is 22.7. The van der Waals surface area contributed by atoms with E-state index in [4.69, 9.17) is 5.73 Å². The highest BCUT2D eigenvalue weighted by Gasteiger charge is 2.34. The van der Waals surface area contributed by atoms with E-state index in [-0.39, 0.29) is 19.6 Å². The summed E-state index contributed by atoms with van der Waals surface area (Å²) in [6.07, 6.45) is -6.46. The van der Waals surface area contributed by atoms with Crippen LogP contribution in [0, 0.1) is 0 Å². The van der Waals surface area contributed by atoms with Crippen molar-refractivity contribution in [2.45, 2.75) is 18.7 Å². The first kappa shape index (κ1) is 11.1. The monoisotopic (exact) mass is 212 g/mol. The van der Waals surface area contributed by atoms with Gasteiger partial charge in [0, 0.05) is 13.1 Å². The fraction of sp³-hybridized carbons (Fsp3) is 0.857. The molecule has 0 radical (unpaired) electrons. The van der Waals surface area contributed by atoms with Crippen LogP contribution in [0.15, 0.2) is 0 Å². The molecule has 7 heteroatoms. The SMILES string of the molecule is NCC1CN(CCC(F)(F)F)C(=O)O1. The van der Waals surface area contributed by atoms with Crippen LogP contribution in [-0.4, -0.2) is 42.9 Å². The molecule has 1 aliphatic rings. The summed E-state index contributed by atoms with van der Waals surface area (Å²) in [5.74, 6) is 0. The van der Waals surface area contributed by atoms with Crippen LogP contribution in [0.25, 0.3) is 0 Å². The second-order valence-electron chi connectivity index (χ2n) is 3.05. The quantitative estimate of drug-likeness (QED) is 0.749. The summed E-state index contributed by atoms with van der Waals surface area (Å²) in [4.78, 5) is 12.0. The predicted octanol–water partition coefficient (Wildman–Crippen LogP) is 0.718. The Kier molecular flexibility index (Phi) is 3.20. The Morgan fingerprint density at radius 2 is 2.21 bits per heavy atom. The first-order valence-corrected chi connectivity index (χ1v) is 4.15. The molecule has 14 heavy (non-hydrogen) atoms. The average molecular weight is 212 g/mol. The Labute approximate surface area is 78.8 Å². The highest BCUT2D eigenvalue weighted by Crippen LogP contribution is 2.21. The number of carbonyl (C=O) groups is 1. The predicted molar refractivity (Wildman–Crippen MR) is 41.6 cm³/mol. The van der Waals surface area contributed by atoms with Gasteiger partial charge < -0.3 is 15.4 Å². The maximum Gasteiger partial charge on any atom is 0.410 e. The lowest BCUT2D eigenvalue weighted by atomic mass is 10.3. The summed E-state index contributed by atoms with van der Waals surface area (Å²) in [7, 11) is 0. The number of hydrogen-bond donors (Lipinski definition) is 1. The standard InChI is InChI=1S/C7H11F3N2O2/c8-7(9,10)1-2-12-4-5(3-11)14-6(12)13/h5H,1-4,11H2. The van der Waals surface area contributed by atoms with Crippen LogP contribution in [0.5, 0.6) is 0 Å². The van der Waals surface area contributed by atoms with Gasteiger partial charge in [0.1, 0.15) is 6.10 Å². The number of nitrogens with two attached hydrogens (primary N) is 1. The summed E-state index contributed by atoms with van der Waals surface area (Å²) in [5, 5.41) is 0. The average Bonchev–Trinajstić information content (AvgIpc) is 2.42. The third kappa shape index (κ3) is 3.06. The van der Waals surface area contributed by atoms with Crippen LogP contribution in [0.1, 0.15) is 6.42 Å². The molecule has 0 saturated carbocycles. The molecule has 0 aromatic rings. The van der Waals surface area contributed by atoms with Gasteiger partial charge in [-0.3, -0.25) is 0 Å². The lowest BCUT2D eigenvalue weighted by molar-refractivity contribution is -0.136. The molecule has 0 aliphatic carbocycles. The van der Waals surface area contributed by atoms with Gasteiger partial charge in [0.15, 0.2) is 0 Å². The lowest BCUT2D eigenvalue weighted by Gasteiger charge is -2.13. The molecule has 0 spiro atoms. The van der Waals surface area contributed by atoms with Crippen molar-refractivity contribution >= 4 is 6.09 Å². The number of cyclic esters (lactones) is 1. The highest BCUT2D eigenvalue weighted by molar-refractivity contribution is 5.69. The molecule has 4 nitrogen and oxygen atoms in total.